The van der Waals surface area contributed by atoms with Crippen LogP contribution in [0.3, 0.4) is 0 Å². The second-order valence-corrected chi connectivity index (χ2v) is 14.3. The Morgan fingerprint density at radius 3 is 1.93 bits per heavy atom. The number of benzene rings is 6. The van der Waals surface area contributed by atoms with Crippen LogP contribution in [-0.4, -0.2) is 24.5 Å². The fourth-order valence-corrected chi connectivity index (χ4v) is 7.39. The summed E-state index contributed by atoms with van der Waals surface area (Å²) in [7, 11) is 0. The van der Waals surface area contributed by atoms with Crippen molar-refractivity contribution in [3.05, 3.63) is 194 Å². The van der Waals surface area contributed by atoms with Crippen LogP contribution in [0.15, 0.2) is 158 Å². The van der Waals surface area contributed by atoms with Crippen molar-refractivity contribution in [2.45, 2.75) is 20.8 Å². The van der Waals surface area contributed by atoms with Crippen molar-refractivity contribution in [3.8, 4) is 51.5 Å². The molecular formula is C50H36N7OPt-3. The second kappa shape index (κ2) is 15.8. The average molecular weight is 946 g/mol. The van der Waals surface area contributed by atoms with Gasteiger partial charge in [0.25, 0.3) is 0 Å². The Kier molecular flexibility index (Phi) is 10.1. The predicted molar refractivity (Wildman–Crippen MR) is 232 cm³/mol. The Labute approximate surface area is 357 Å². The molecule has 0 atom stereocenters. The van der Waals surface area contributed by atoms with Gasteiger partial charge in [0.2, 0.25) is 0 Å². The molecule has 0 bridgehead atoms. The normalized spacial score (nSPS) is 12.3. The maximum absolute atomic E-state index is 6.88. The maximum atomic E-state index is 6.88. The van der Waals surface area contributed by atoms with E-state index >= 15 is 0 Å². The summed E-state index contributed by atoms with van der Waals surface area (Å²) in [5.41, 5.74) is 9.97. The molecule has 0 unspecified atom stereocenters. The first-order chi connectivity index (χ1) is 28.5. The smallest absolute Gasteiger partial charge is 0.162 e. The third-order valence-electron chi connectivity index (χ3n) is 10.6. The molecule has 1 aliphatic rings. The molecule has 3 aromatic heterocycles. The quantitative estimate of drug-likeness (QED) is 0.141. The van der Waals surface area contributed by atoms with Crippen LogP contribution >= 0.6 is 0 Å². The summed E-state index contributed by atoms with van der Waals surface area (Å²) in [5.74, 6) is 3.30. The van der Waals surface area contributed by atoms with Crippen molar-refractivity contribution in [2.75, 3.05) is 9.80 Å². The largest absolute Gasteiger partial charge is 0.508 e. The Bertz CT molecular complexity index is 2920. The van der Waals surface area contributed by atoms with E-state index in [1.807, 2.05) is 120 Å². The number of hydrogen-bond donors (Lipinski definition) is 0. The Morgan fingerprint density at radius 2 is 1.24 bits per heavy atom. The van der Waals surface area contributed by atoms with Crippen LogP contribution in [0.2, 0.25) is 0 Å². The zero-order chi connectivity index (χ0) is 39.2. The monoisotopic (exact) mass is 945 g/mol. The van der Waals surface area contributed by atoms with Gasteiger partial charge in [-0.25, -0.2) is 19.9 Å². The van der Waals surface area contributed by atoms with Gasteiger partial charge in [0.15, 0.2) is 11.6 Å². The summed E-state index contributed by atoms with van der Waals surface area (Å²) in [6.07, 6.45) is 5.88. The summed E-state index contributed by atoms with van der Waals surface area (Å²) in [4.78, 5) is 24.1. The number of rotatable bonds is 8. The molecule has 0 N–H and O–H groups in total. The number of pyridine rings is 1. The Balaban J connectivity index is 0.00000449. The van der Waals surface area contributed by atoms with E-state index in [2.05, 4.69) is 85.6 Å². The summed E-state index contributed by atoms with van der Waals surface area (Å²) in [6, 6.07) is 53.8. The third-order valence-corrected chi connectivity index (χ3v) is 10.6. The number of anilines is 2. The maximum Gasteiger partial charge on any atom is 0.162 e. The van der Waals surface area contributed by atoms with Crippen LogP contribution in [0.25, 0.3) is 61.8 Å². The summed E-state index contributed by atoms with van der Waals surface area (Å²) in [5, 5.41) is 2.00. The van der Waals surface area contributed by atoms with Crippen LogP contribution in [0.5, 0.6) is 11.5 Å². The van der Waals surface area contributed by atoms with E-state index < -0.39 is 0 Å². The standard InChI is InChI=1S/C50H36N7O.Pt/c1-33-27-39(28-34(2)35(33)3)56-26-25-55(32-56)38-19-14-20-40(29-38)58-46-31-45-42(41-21-10-11-22-44(41)57(45)47-23-12-13-24-51-47)30-43(46)50-53-48(36-15-6-4-7-16-36)52-49(54-50)37-17-8-5-9-18-37;/h4-28,30,32H,1-3H3;/q-3;. The molecule has 6 aromatic carbocycles. The van der Waals surface area contributed by atoms with E-state index in [-0.39, 0.29) is 21.1 Å². The third kappa shape index (κ3) is 7.17. The van der Waals surface area contributed by atoms with Gasteiger partial charge in [-0.15, -0.1) is 48.1 Å². The fourth-order valence-electron chi connectivity index (χ4n) is 7.39. The van der Waals surface area contributed by atoms with Gasteiger partial charge >= 0.3 is 0 Å². The van der Waals surface area contributed by atoms with Gasteiger partial charge in [0.1, 0.15) is 11.6 Å². The van der Waals surface area contributed by atoms with Crippen LogP contribution in [0, 0.1) is 39.6 Å². The molecule has 59 heavy (non-hydrogen) atoms. The van der Waals surface area contributed by atoms with E-state index in [4.69, 9.17) is 24.7 Å². The summed E-state index contributed by atoms with van der Waals surface area (Å²) in [6.45, 7) is 8.51. The molecule has 290 valence electrons. The number of nitrogens with zero attached hydrogens (tertiary/aromatic N) is 7. The SMILES string of the molecule is Cc1cc(N2C=CN(c3[c-]c(Oc4[c-]c5c(cc4-c4nc(-c6ccccc6)nc(-c6ccccc6)n4)c4ccccc4n5-c4ccccn4)ccc3)[CH-]2)cc(C)c1C.[Pt]. The molecule has 0 amide bonds. The van der Waals surface area contributed by atoms with Crippen molar-refractivity contribution in [1.82, 2.24) is 24.5 Å². The number of ether oxygens (including phenoxy) is 1. The first-order valence-corrected chi connectivity index (χ1v) is 19.1. The molecule has 8 nitrogen and oxygen atoms in total. The van der Waals surface area contributed by atoms with Crippen LogP contribution in [0.1, 0.15) is 16.7 Å². The number of aryl methyl sites for hydroxylation is 2. The zero-order valence-electron chi connectivity index (χ0n) is 32.4. The van der Waals surface area contributed by atoms with E-state index in [1.165, 1.54) is 16.7 Å². The molecule has 0 aliphatic carbocycles. The topological polar surface area (TPSA) is 72.2 Å². The van der Waals surface area contributed by atoms with Gasteiger partial charge in [-0.2, -0.15) is 6.07 Å². The number of hydrogen-bond acceptors (Lipinski definition) is 7. The number of para-hydroxylation sites is 1. The van der Waals surface area contributed by atoms with Crippen molar-refractivity contribution in [2.24, 2.45) is 0 Å². The zero-order valence-corrected chi connectivity index (χ0v) is 34.7. The molecule has 0 saturated carbocycles. The first-order valence-electron chi connectivity index (χ1n) is 19.1. The molecule has 4 heterocycles. The van der Waals surface area contributed by atoms with Gasteiger partial charge in [0.05, 0.1) is 0 Å². The minimum atomic E-state index is 0. The van der Waals surface area contributed by atoms with Gasteiger partial charge in [0, 0.05) is 61.1 Å². The molecular weight excluding hydrogens is 910 g/mol. The molecule has 10 rings (SSSR count). The molecule has 0 radical (unpaired) electrons. The van der Waals surface area contributed by atoms with Crippen molar-refractivity contribution >= 4 is 33.2 Å². The molecule has 0 fully saturated rings. The van der Waals surface area contributed by atoms with Crippen LogP contribution < -0.4 is 14.5 Å². The predicted octanol–water partition coefficient (Wildman–Crippen LogP) is 11.6. The average Bonchev–Trinajstić information content (AvgIpc) is 3.90. The minimum absolute atomic E-state index is 0. The number of fused-ring (bicyclic) bond motifs is 3. The number of aromatic nitrogens is 5. The molecule has 9 aromatic rings. The molecule has 1 aliphatic heterocycles. The second-order valence-electron chi connectivity index (χ2n) is 14.3. The fraction of sp³-hybridized carbons (Fsp3) is 0.0600. The van der Waals surface area contributed by atoms with Crippen LogP contribution in [0.4, 0.5) is 11.4 Å². The Morgan fingerprint density at radius 1 is 0.593 bits per heavy atom. The molecule has 9 heteroatoms. The van der Waals surface area contributed by atoms with E-state index in [1.54, 1.807) is 6.20 Å². The first kappa shape index (κ1) is 37.7. The van der Waals surface area contributed by atoms with Gasteiger partial charge in [-0.1, -0.05) is 90.4 Å². The van der Waals surface area contributed by atoms with Crippen LogP contribution in [-0.2, 0) is 21.1 Å². The summed E-state index contributed by atoms with van der Waals surface area (Å²) < 4.78 is 9.00. The van der Waals surface area contributed by atoms with Gasteiger partial charge in [-0.05, 0) is 91.1 Å². The van der Waals surface area contributed by atoms with Gasteiger partial charge in [-0.3, -0.25) is 0 Å². The van der Waals surface area contributed by atoms with Gasteiger partial charge < -0.3 is 19.1 Å². The minimum Gasteiger partial charge on any atom is -0.508 e. The van der Waals surface area contributed by atoms with Crippen molar-refractivity contribution < 1.29 is 25.8 Å². The molecule has 0 spiro atoms. The van der Waals surface area contributed by atoms with E-state index in [0.717, 1.165) is 50.1 Å². The van der Waals surface area contributed by atoms with Crippen molar-refractivity contribution in [3.63, 3.8) is 0 Å². The van der Waals surface area contributed by atoms with E-state index in [0.29, 0.717) is 34.5 Å². The van der Waals surface area contributed by atoms with E-state index in [9.17, 15) is 0 Å². The summed E-state index contributed by atoms with van der Waals surface area (Å²) >= 11 is 0. The molecule has 0 saturated heterocycles. The Hall–Kier alpha value is -6.89. The van der Waals surface area contributed by atoms with Crippen molar-refractivity contribution in [1.29, 1.82) is 0 Å².